The Hall–Kier alpha value is -2.86. The molecule has 0 spiro atoms. The highest BCUT2D eigenvalue weighted by atomic mass is 32.2. The summed E-state index contributed by atoms with van der Waals surface area (Å²) in [5.74, 6) is 1.08. The smallest absolute Gasteiger partial charge is 0.234 e. The fourth-order valence-electron chi connectivity index (χ4n) is 2.85. The molecule has 0 bridgehead atoms. The summed E-state index contributed by atoms with van der Waals surface area (Å²) >= 11 is 1.39. The molecule has 28 heavy (non-hydrogen) atoms. The monoisotopic (exact) mass is 392 g/mol. The van der Waals surface area contributed by atoms with Crippen molar-refractivity contribution in [2.24, 2.45) is 0 Å². The molecule has 2 aromatic carbocycles. The van der Waals surface area contributed by atoms with E-state index in [0.717, 1.165) is 27.8 Å². The number of hydrogen-bond donors (Lipinski definition) is 1. The van der Waals surface area contributed by atoms with E-state index in [2.05, 4.69) is 34.2 Å². The average molecular weight is 393 g/mol. The molecule has 0 atom stereocenters. The number of aryl methyl sites for hydroxylation is 1. The van der Waals surface area contributed by atoms with Crippen LogP contribution < -0.4 is 5.32 Å². The number of carbonyl (C=O) groups is 1. The van der Waals surface area contributed by atoms with E-state index in [0.29, 0.717) is 13.0 Å². The van der Waals surface area contributed by atoms with Crippen molar-refractivity contribution in [3.8, 4) is 0 Å². The van der Waals surface area contributed by atoms with Gasteiger partial charge in [-0.25, -0.2) is 0 Å². The Morgan fingerprint density at radius 2 is 1.93 bits per heavy atom. The molecule has 0 saturated carbocycles. The van der Waals surface area contributed by atoms with E-state index in [1.807, 2.05) is 60.9 Å². The second kappa shape index (κ2) is 9.37. The second-order valence-corrected chi connectivity index (χ2v) is 7.49. The van der Waals surface area contributed by atoms with Crippen molar-refractivity contribution >= 4 is 23.4 Å². The summed E-state index contributed by atoms with van der Waals surface area (Å²) in [4.78, 5) is 12.4. The maximum Gasteiger partial charge on any atom is 0.234 e. The quantitative estimate of drug-likeness (QED) is 0.456. The van der Waals surface area contributed by atoms with Gasteiger partial charge in [0.05, 0.1) is 5.75 Å². The van der Waals surface area contributed by atoms with Crippen molar-refractivity contribution < 1.29 is 4.79 Å². The zero-order valence-corrected chi connectivity index (χ0v) is 17.0. The molecule has 1 heterocycles. The number of rotatable bonds is 8. The van der Waals surface area contributed by atoms with Gasteiger partial charge >= 0.3 is 0 Å². The van der Waals surface area contributed by atoms with Gasteiger partial charge in [0.2, 0.25) is 5.91 Å². The fourth-order valence-corrected chi connectivity index (χ4v) is 3.62. The number of thioether (sulfide) groups is 1. The molecule has 0 saturated heterocycles. The number of anilines is 1. The van der Waals surface area contributed by atoms with Crippen LogP contribution in [0.5, 0.6) is 0 Å². The number of allylic oxidation sites excluding steroid dienone is 1. The van der Waals surface area contributed by atoms with Crippen LogP contribution in [0.1, 0.15) is 22.5 Å². The van der Waals surface area contributed by atoms with Gasteiger partial charge in [-0.1, -0.05) is 60.3 Å². The van der Waals surface area contributed by atoms with Crippen LogP contribution in [-0.2, 0) is 17.8 Å². The molecule has 144 valence electrons. The van der Waals surface area contributed by atoms with E-state index < -0.39 is 0 Å². The first kappa shape index (κ1) is 19.9. The van der Waals surface area contributed by atoms with Gasteiger partial charge in [0.25, 0.3) is 0 Å². The van der Waals surface area contributed by atoms with Gasteiger partial charge < -0.3 is 9.88 Å². The highest BCUT2D eigenvalue weighted by Crippen LogP contribution is 2.21. The van der Waals surface area contributed by atoms with E-state index >= 15 is 0 Å². The Morgan fingerprint density at radius 1 is 1.14 bits per heavy atom. The van der Waals surface area contributed by atoms with Crippen LogP contribution in [0.4, 0.5) is 5.69 Å². The number of amides is 1. The zero-order valence-electron chi connectivity index (χ0n) is 16.2. The largest absolute Gasteiger partial charge is 0.325 e. The van der Waals surface area contributed by atoms with Crippen molar-refractivity contribution in [1.82, 2.24) is 14.8 Å². The van der Waals surface area contributed by atoms with Gasteiger partial charge in [0.1, 0.15) is 5.82 Å². The Morgan fingerprint density at radius 3 is 2.68 bits per heavy atom. The third-order valence-corrected chi connectivity index (χ3v) is 5.49. The molecular weight excluding hydrogens is 368 g/mol. The minimum atomic E-state index is -0.0588. The van der Waals surface area contributed by atoms with Crippen molar-refractivity contribution in [3.63, 3.8) is 0 Å². The standard InChI is InChI=1S/C22H24N4OS/c1-4-13-26-20(14-18-10-6-5-7-11-18)24-25-22(26)28-15-21(27)23-19-12-8-9-16(2)17(19)3/h4-12H,1,13-15H2,2-3H3,(H,23,27). The van der Waals surface area contributed by atoms with Crippen LogP contribution >= 0.6 is 11.8 Å². The predicted octanol–water partition coefficient (Wildman–Crippen LogP) is 4.40. The van der Waals surface area contributed by atoms with Gasteiger partial charge in [-0.2, -0.15) is 0 Å². The minimum Gasteiger partial charge on any atom is -0.325 e. The zero-order chi connectivity index (χ0) is 19.9. The predicted molar refractivity (Wildman–Crippen MR) is 115 cm³/mol. The Kier molecular flexibility index (Phi) is 6.66. The number of aromatic nitrogens is 3. The van der Waals surface area contributed by atoms with Gasteiger partial charge in [0, 0.05) is 18.7 Å². The summed E-state index contributed by atoms with van der Waals surface area (Å²) < 4.78 is 2.01. The summed E-state index contributed by atoms with van der Waals surface area (Å²) in [6.07, 6.45) is 2.51. The molecule has 0 aliphatic carbocycles. The lowest BCUT2D eigenvalue weighted by atomic mass is 10.1. The Labute approximate surface area is 169 Å². The number of carbonyl (C=O) groups excluding carboxylic acids is 1. The number of nitrogens with one attached hydrogen (secondary N) is 1. The van der Waals surface area contributed by atoms with E-state index in [-0.39, 0.29) is 11.7 Å². The van der Waals surface area contributed by atoms with Crippen LogP contribution in [-0.4, -0.2) is 26.4 Å². The highest BCUT2D eigenvalue weighted by molar-refractivity contribution is 7.99. The van der Waals surface area contributed by atoms with Crippen molar-refractivity contribution in [2.45, 2.75) is 32.0 Å². The van der Waals surface area contributed by atoms with Gasteiger partial charge in [-0.05, 0) is 36.6 Å². The van der Waals surface area contributed by atoms with Gasteiger partial charge in [-0.3, -0.25) is 4.79 Å². The molecule has 0 unspecified atom stereocenters. The lowest BCUT2D eigenvalue weighted by molar-refractivity contribution is -0.113. The second-order valence-electron chi connectivity index (χ2n) is 6.54. The lowest BCUT2D eigenvalue weighted by Gasteiger charge is -2.11. The molecule has 1 aromatic heterocycles. The van der Waals surface area contributed by atoms with E-state index in [4.69, 9.17) is 0 Å². The number of benzene rings is 2. The third-order valence-electron chi connectivity index (χ3n) is 4.52. The molecule has 0 aliphatic rings. The molecule has 0 aliphatic heterocycles. The molecule has 6 heteroatoms. The van der Waals surface area contributed by atoms with Crippen LogP contribution in [0.3, 0.4) is 0 Å². The third kappa shape index (κ3) is 4.89. The molecule has 0 fully saturated rings. The topological polar surface area (TPSA) is 59.8 Å². The van der Waals surface area contributed by atoms with Crippen LogP contribution in [0.25, 0.3) is 0 Å². The first-order chi connectivity index (χ1) is 13.6. The van der Waals surface area contributed by atoms with Crippen molar-refractivity contribution in [1.29, 1.82) is 0 Å². The summed E-state index contributed by atoms with van der Waals surface area (Å²) in [6.45, 7) is 8.48. The van der Waals surface area contributed by atoms with Crippen molar-refractivity contribution in [2.75, 3.05) is 11.1 Å². The van der Waals surface area contributed by atoms with Crippen molar-refractivity contribution in [3.05, 3.63) is 83.7 Å². The number of hydrogen-bond acceptors (Lipinski definition) is 4. The molecular formula is C22H24N4OS. The fraction of sp³-hybridized carbons (Fsp3) is 0.227. The summed E-state index contributed by atoms with van der Waals surface area (Å²) in [5.41, 5.74) is 4.26. The maximum atomic E-state index is 12.4. The SMILES string of the molecule is C=CCn1c(Cc2ccccc2)nnc1SCC(=O)Nc1cccc(C)c1C. The summed E-state index contributed by atoms with van der Waals surface area (Å²) in [6, 6.07) is 16.0. The van der Waals surface area contributed by atoms with E-state index in [1.165, 1.54) is 17.3 Å². The summed E-state index contributed by atoms with van der Waals surface area (Å²) in [5, 5.41) is 12.3. The Balaban J connectivity index is 1.67. The molecule has 3 aromatic rings. The molecule has 3 rings (SSSR count). The van der Waals surface area contributed by atoms with E-state index in [9.17, 15) is 4.79 Å². The van der Waals surface area contributed by atoms with Gasteiger partial charge in [0.15, 0.2) is 5.16 Å². The normalized spacial score (nSPS) is 10.6. The maximum absolute atomic E-state index is 12.4. The first-order valence-corrected chi connectivity index (χ1v) is 10.1. The minimum absolute atomic E-state index is 0.0588. The molecule has 1 N–H and O–H groups in total. The first-order valence-electron chi connectivity index (χ1n) is 9.14. The van der Waals surface area contributed by atoms with E-state index in [1.54, 1.807) is 0 Å². The summed E-state index contributed by atoms with van der Waals surface area (Å²) in [7, 11) is 0. The van der Waals surface area contributed by atoms with Gasteiger partial charge in [-0.15, -0.1) is 16.8 Å². The number of nitrogens with zero attached hydrogens (tertiary/aromatic N) is 3. The van der Waals surface area contributed by atoms with Crippen LogP contribution in [0, 0.1) is 13.8 Å². The highest BCUT2D eigenvalue weighted by Gasteiger charge is 2.14. The molecule has 5 nitrogen and oxygen atoms in total. The van der Waals surface area contributed by atoms with Crippen LogP contribution in [0.2, 0.25) is 0 Å². The Bertz CT molecular complexity index is 966. The molecule has 1 amide bonds. The lowest BCUT2D eigenvalue weighted by Crippen LogP contribution is -2.15. The van der Waals surface area contributed by atoms with Crippen LogP contribution in [0.15, 0.2) is 66.3 Å². The average Bonchev–Trinajstić information content (AvgIpc) is 3.06. The molecule has 0 radical (unpaired) electrons.